The van der Waals surface area contributed by atoms with E-state index in [1.165, 1.54) is 12.2 Å². The van der Waals surface area contributed by atoms with Gasteiger partial charge in [-0.15, -0.1) is 0 Å². The molecule has 0 aliphatic heterocycles. The van der Waals surface area contributed by atoms with Crippen molar-refractivity contribution < 1.29 is 19.9 Å². The maximum absolute atomic E-state index is 10.5. The van der Waals surface area contributed by atoms with Gasteiger partial charge in [-0.3, -0.25) is 4.79 Å². The van der Waals surface area contributed by atoms with Crippen LogP contribution in [0.5, 0.6) is 0 Å². The minimum atomic E-state index is -1.64. The molecule has 1 aliphatic rings. The number of halogens is 1. The summed E-state index contributed by atoms with van der Waals surface area (Å²) in [5.41, 5.74) is 0.166. The number of allylic oxidation sites excluding steroid dienone is 3. The molecule has 0 radical (unpaired) electrons. The lowest BCUT2D eigenvalue weighted by molar-refractivity contribution is -0.140. The highest BCUT2D eigenvalue weighted by molar-refractivity contribution is 6.54. The van der Waals surface area contributed by atoms with E-state index >= 15 is 0 Å². The zero-order valence-corrected chi connectivity index (χ0v) is 7.40. The molecule has 0 saturated heterocycles. The molecule has 0 amide bonds. The van der Waals surface area contributed by atoms with Crippen molar-refractivity contribution in [1.29, 1.82) is 0 Å². The van der Waals surface area contributed by atoms with E-state index in [0.29, 0.717) is 0 Å². The van der Waals surface area contributed by atoms with Gasteiger partial charge >= 0.3 is 13.1 Å². The van der Waals surface area contributed by atoms with Gasteiger partial charge in [0.15, 0.2) is 0 Å². The molecule has 4 nitrogen and oxygen atoms in total. The van der Waals surface area contributed by atoms with Crippen molar-refractivity contribution in [2.24, 2.45) is 5.92 Å². The van der Waals surface area contributed by atoms with E-state index < -0.39 is 19.0 Å². The van der Waals surface area contributed by atoms with Gasteiger partial charge in [0.05, 0.1) is 5.92 Å². The predicted octanol–water partition coefficient (Wildman–Crippen LogP) is 0.152. The standard InChI is InChI=1S/C7H8BClO4/c9-6-3-4(7(10)11)1-2-5(6)8(12)13/h1-2,4,12-13H,3H2,(H,10,11). The number of carboxylic acid groups (broad SMARTS) is 1. The summed E-state index contributed by atoms with van der Waals surface area (Å²) in [4.78, 5) is 10.5. The van der Waals surface area contributed by atoms with Crippen LogP contribution >= 0.6 is 11.6 Å². The van der Waals surface area contributed by atoms with Crippen LogP contribution in [0.3, 0.4) is 0 Å². The molecule has 0 saturated carbocycles. The predicted molar refractivity (Wildman–Crippen MR) is 48.0 cm³/mol. The minimum absolute atomic E-state index is 0.111. The molecule has 0 fully saturated rings. The third-order valence-electron chi connectivity index (χ3n) is 1.82. The largest absolute Gasteiger partial charge is 0.489 e. The third-order valence-corrected chi connectivity index (χ3v) is 2.19. The van der Waals surface area contributed by atoms with Crippen molar-refractivity contribution >= 4 is 24.7 Å². The molecule has 13 heavy (non-hydrogen) atoms. The van der Waals surface area contributed by atoms with Gasteiger partial charge in [0.2, 0.25) is 0 Å². The van der Waals surface area contributed by atoms with Crippen LogP contribution in [-0.2, 0) is 4.79 Å². The van der Waals surface area contributed by atoms with Crippen LogP contribution in [0, 0.1) is 5.92 Å². The van der Waals surface area contributed by atoms with Crippen LogP contribution in [0.1, 0.15) is 6.42 Å². The number of hydrogen-bond donors (Lipinski definition) is 3. The van der Waals surface area contributed by atoms with E-state index in [2.05, 4.69) is 0 Å². The number of aliphatic carboxylic acids is 1. The summed E-state index contributed by atoms with van der Waals surface area (Å²) in [5.74, 6) is -1.64. The summed E-state index contributed by atoms with van der Waals surface area (Å²) in [6.45, 7) is 0. The molecule has 70 valence electrons. The van der Waals surface area contributed by atoms with Crippen molar-refractivity contribution in [2.75, 3.05) is 0 Å². The highest BCUT2D eigenvalue weighted by Gasteiger charge is 2.25. The van der Waals surface area contributed by atoms with Crippen LogP contribution in [-0.4, -0.2) is 28.2 Å². The van der Waals surface area contributed by atoms with E-state index in [0.717, 1.165) is 0 Å². The topological polar surface area (TPSA) is 77.8 Å². The normalized spacial score (nSPS) is 21.9. The Hall–Kier alpha value is -0.775. The van der Waals surface area contributed by atoms with Gasteiger partial charge in [-0.05, 0) is 11.9 Å². The second kappa shape index (κ2) is 3.96. The summed E-state index contributed by atoms with van der Waals surface area (Å²) in [7, 11) is -1.64. The van der Waals surface area contributed by atoms with Crippen molar-refractivity contribution in [2.45, 2.75) is 6.42 Å². The molecule has 1 aliphatic carbocycles. The van der Waals surface area contributed by atoms with Crippen molar-refractivity contribution in [3.05, 3.63) is 22.7 Å². The molecular formula is C7H8BClO4. The first kappa shape index (κ1) is 10.3. The molecule has 3 N–H and O–H groups in total. The quantitative estimate of drug-likeness (QED) is 0.557. The van der Waals surface area contributed by atoms with Crippen molar-refractivity contribution in [3.8, 4) is 0 Å². The minimum Gasteiger partial charge on any atom is -0.481 e. The number of carboxylic acids is 1. The summed E-state index contributed by atoms with van der Waals surface area (Å²) >= 11 is 5.66. The molecule has 1 rings (SSSR count). The number of hydrogen-bond acceptors (Lipinski definition) is 3. The Labute approximate surface area is 80.3 Å². The van der Waals surface area contributed by atoms with Gasteiger partial charge in [0.1, 0.15) is 0 Å². The average molecular weight is 202 g/mol. The van der Waals surface area contributed by atoms with Gasteiger partial charge in [0.25, 0.3) is 0 Å². The Kier molecular flexibility index (Phi) is 3.14. The zero-order chi connectivity index (χ0) is 10.0. The fraction of sp³-hybridized carbons (Fsp3) is 0.286. The molecule has 0 heterocycles. The van der Waals surface area contributed by atoms with Gasteiger partial charge in [-0.25, -0.2) is 0 Å². The number of rotatable bonds is 2. The van der Waals surface area contributed by atoms with E-state index in [-0.39, 0.29) is 16.9 Å². The fourth-order valence-electron chi connectivity index (χ4n) is 1.08. The molecule has 0 aromatic rings. The van der Waals surface area contributed by atoms with Crippen molar-refractivity contribution in [1.82, 2.24) is 0 Å². The van der Waals surface area contributed by atoms with Gasteiger partial charge in [-0.2, -0.15) is 0 Å². The van der Waals surface area contributed by atoms with Crippen LogP contribution < -0.4 is 0 Å². The maximum Gasteiger partial charge on any atom is 0.489 e. The van der Waals surface area contributed by atoms with E-state index in [1.807, 2.05) is 0 Å². The molecule has 1 atom stereocenters. The van der Waals surface area contributed by atoms with Crippen LogP contribution in [0.15, 0.2) is 22.7 Å². The SMILES string of the molecule is O=C(O)C1C=CC(B(O)O)=C(Cl)C1. The van der Waals surface area contributed by atoms with E-state index in [4.69, 9.17) is 26.8 Å². The molecule has 0 spiro atoms. The third kappa shape index (κ3) is 2.34. The lowest BCUT2D eigenvalue weighted by Crippen LogP contribution is -2.21. The first-order valence-corrected chi connectivity index (χ1v) is 4.06. The Bertz CT molecular complexity index is 284. The summed E-state index contributed by atoms with van der Waals surface area (Å²) in [6.07, 6.45) is 2.83. The van der Waals surface area contributed by atoms with Crippen molar-refractivity contribution in [3.63, 3.8) is 0 Å². The van der Waals surface area contributed by atoms with Gasteiger partial charge < -0.3 is 15.2 Å². The smallest absolute Gasteiger partial charge is 0.481 e. The van der Waals surface area contributed by atoms with E-state index in [1.54, 1.807) is 0 Å². The lowest BCUT2D eigenvalue weighted by Gasteiger charge is -2.15. The Morgan fingerprint density at radius 3 is 2.62 bits per heavy atom. The summed E-state index contributed by atoms with van der Waals surface area (Å²) < 4.78 is 0. The molecule has 1 unspecified atom stereocenters. The summed E-state index contributed by atoms with van der Waals surface area (Å²) in [5, 5.41) is 26.4. The Morgan fingerprint density at radius 2 is 2.23 bits per heavy atom. The highest BCUT2D eigenvalue weighted by Crippen LogP contribution is 2.27. The molecule has 0 aromatic heterocycles. The zero-order valence-electron chi connectivity index (χ0n) is 6.64. The molecule has 0 bridgehead atoms. The highest BCUT2D eigenvalue weighted by atomic mass is 35.5. The molecular weight excluding hydrogens is 194 g/mol. The fourth-order valence-corrected chi connectivity index (χ4v) is 1.41. The first-order valence-electron chi connectivity index (χ1n) is 3.68. The van der Waals surface area contributed by atoms with E-state index in [9.17, 15) is 4.79 Å². The average Bonchev–Trinajstić information content (AvgIpc) is 2.03. The lowest BCUT2D eigenvalue weighted by atomic mass is 9.75. The van der Waals surface area contributed by atoms with Crippen LogP contribution in [0.2, 0.25) is 0 Å². The van der Waals surface area contributed by atoms with Crippen LogP contribution in [0.4, 0.5) is 0 Å². The maximum atomic E-state index is 10.5. The summed E-state index contributed by atoms with van der Waals surface area (Å²) in [6, 6.07) is 0. The second-order valence-electron chi connectivity index (χ2n) is 2.74. The second-order valence-corrected chi connectivity index (χ2v) is 3.20. The number of carbonyl (C=O) groups is 1. The molecule has 6 heteroatoms. The van der Waals surface area contributed by atoms with Gasteiger partial charge in [0, 0.05) is 5.03 Å². The monoisotopic (exact) mass is 202 g/mol. The van der Waals surface area contributed by atoms with Gasteiger partial charge in [-0.1, -0.05) is 23.8 Å². The Morgan fingerprint density at radius 1 is 1.62 bits per heavy atom. The molecule has 0 aromatic carbocycles. The van der Waals surface area contributed by atoms with Crippen LogP contribution in [0.25, 0.3) is 0 Å². The first-order chi connectivity index (χ1) is 6.02. The Balaban J connectivity index is 2.80.